The highest BCUT2D eigenvalue weighted by Crippen LogP contribution is 2.11. The van der Waals surface area contributed by atoms with Crippen LogP contribution >= 0.6 is 0 Å². The van der Waals surface area contributed by atoms with E-state index in [0.717, 1.165) is 0 Å². The molecule has 0 aliphatic heterocycles. The fourth-order valence-electron chi connectivity index (χ4n) is 1.18. The lowest BCUT2D eigenvalue weighted by atomic mass is 10.2. The molecule has 0 radical (unpaired) electrons. The van der Waals surface area contributed by atoms with Crippen LogP contribution in [0.1, 0.15) is 6.42 Å². The number of hydrogen-bond donors (Lipinski definition) is 2. The van der Waals surface area contributed by atoms with Crippen LogP contribution in [0.5, 0.6) is 5.75 Å². The van der Waals surface area contributed by atoms with E-state index < -0.39 is 0 Å². The molecule has 0 aliphatic rings. The summed E-state index contributed by atoms with van der Waals surface area (Å²) in [4.78, 5) is 0. The van der Waals surface area contributed by atoms with Crippen molar-refractivity contribution in [1.82, 2.24) is 5.32 Å². The molecule has 1 aromatic carbocycles. The molecule has 0 aromatic heterocycles. The maximum atomic E-state index is 12.5. The third-order valence-electron chi connectivity index (χ3n) is 2.18. The summed E-state index contributed by atoms with van der Waals surface area (Å²) in [6.07, 6.45) is 0.713. The van der Waals surface area contributed by atoms with Gasteiger partial charge in [0.05, 0.1) is 13.2 Å². The zero-order valence-electron chi connectivity index (χ0n) is 8.74. The van der Waals surface area contributed by atoms with Crippen molar-refractivity contribution in [2.75, 3.05) is 20.3 Å². The zero-order valence-corrected chi connectivity index (χ0v) is 8.74. The highest BCUT2D eigenvalue weighted by Gasteiger charge is 2.03. The van der Waals surface area contributed by atoms with E-state index in [9.17, 15) is 4.39 Å². The maximum absolute atomic E-state index is 12.5. The molecule has 0 heterocycles. The lowest BCUT2D eigenvalue weighted by molar-refractivity contribution is 0.214. The Morgan fingerprint density at radius 1 is 1.40 bits per heavy atom. The number of hydrogen-bond acceptors (Lipinski definition) is 3. The van der Waals surface area contributed by atoms with Gasteiger partial charge in [-0.25, -0.2) is 4.39 Å². The molecule has 15 heavy (non-hydrogen) atoms. The van der Waals surface area contributed by atoms with E-state index in [1.165, 1.54) is 12.1 Å². The van der Waals surface area contributed by atoms with E-state index in [-0.39, 0.29) is 18.5 Å². The van der Waals surface area contributed by atoms with Crippen molar-refractivity contribution in [2.45, 2.75) is 12.5 Å². The van der Waals surface area contributed by atoms with Crippen molar-refractivity contribution in [1.29, 1.82) is 0 Å². The number of aliphatic hydroxyl groups is 1. The summed E-state index contributed by atoms with van der Waals surface area (Å²) in [6.45, 7) is 0.584. The Morgan fingerprint density at radius 3 is 2.60 bits per heavy atom. The summed E-state index contributed by atoms with van der Waals surface area (Å²) in [5.41, 5.74) is 0. The van der Waals surface area contributed by atoms with Gasteiger partial charge in [-0.15, -0.1) is 0 Å². The van der Waals surface area contributed by atoms with Crippen LogP contribution < -0.4 is 10.1 Å². The molecular formula is C11H16FNO2. The number of ether oxygens (including phenoxy) is 1. The first-order valence-electron chi connectivity index (χ1n) is 4.92. The van der Waals surface area contributed by atoms with Crippen molar-refractivity contribution < 1.29 is 14.2 Å². The van der Waals surface area contributed by atoms with E-state index in [2.05, 4.69) is 5.32 Å². The Labute approximate surface area is 88.9 Å². The number of benzene rings is 1. The molecule has 2 N–H and O–H groups in total. The topological polar surface area (TPSA) is 41.5 Å². The molecule has 0 saturated carbocycles. The van der Waals surface area contributed by atoms with E-state index in [4.69, 9.17) is 9.84 Å². The van der Waals surface area contributed by atoms with Crippen LogP contribution in [0.3, 0.4) is 0 Å². The van der Waals surface area contributed by atoms with Crippen molar-refractivity contribution in [2.24, 2.45) is 0 Å². The SMILES string of the molecule is CNC(CO)CCOc1ccc(F)cc1. The Morgan fingerprint density at radius 2 is 2.07 bits per heavy atom. The molecule has 0 saturated heterocycles. The van der Waals surface area contributed by atoms with Crippen molar-refractivity contribution in [3.8, 4) is 5.75 Å². The van der Waals surface area contributed by atoms with Gasteiger partial charge in [0, 0.05) is 6.04 Å². The molecule has 0 spiro atoms. The molecule has 1 aromatic rings. The normalized spacial score (nSPS) is 12.5. The monoisotopic (exact) mass is 213 g/mol. The summed E-state index contributed by atoms with van der Waals surface area (Å²) >= 11 is 0. The third-order valence-corrected chi connectivity index (χ3v) is 2.18. The Bertz CT molecular complexity index is 272. The van der Waals surface area contributed by atoms with Gasteiger partial charge in [0.15, 0.2) is 0 Å². The van der Waals surface area contributed by atoms with Gasteiger partial charge in [-0.1, -0.05) is 0 Å². The summed E-state index contributed by atoms with van der Waals surface area (Å²) in [5, 5.41) is 11.8. The van der Waals surface area contributed by atoms with Crippen LogP contribution in [-0.2, 0) is 0 Å². The second kappa shape index (κ2) is 6.37. The Kier molecular flexibility index (Phi) is 5.07. The van der Waals surface area contributed by atoms with Crippen molar-refractivity contribution >= 4 is 0 Å². The van der Waals surface area contributed by atoms with E-state index in [0.29, 0.717) is 18.8 Å². The lowest BCUT2D eigenvalue weighted by Crippen LogP contribution is -2.30. The second-order valence-corrected chi connectivity index (χ2v) is 3.26. The molecule has 0 amide bonds. The molecule has 4 heteroatoms. The predicted molar refractivity (Wildman–Crippen MR) is 56.4 cm³/mol. The molecule has 0 fully saturated rings. The van der Waals surface area contributed by atoms with Crippen LogP contribution in [0.2, 0.25) is 0 Å². The summed E-state index contributed by atoms with van der Waals surface area (Å²) < 4.78 is 17.9. The first-order valence-corrected chi connectivity index (χ1v) is 4.92. The average molecular weight is 213 g/mol. The van der Waals surface area contributed by atoms with Gasteiger partial charge >= 0.3 is 0 Å². The first kappa shape index (κ1) is 11.9. The lowest BCUT2D eigenvalue weighted by Gasteiger charge is -2.13. The van der Waals surface area contributed by atoms with Crippen LogP contribution in [0.15, 0.2) is 24.3 Å². The first-order chi connectivity index (χ1) is 7.26. The maximum Gasteiger partial charge on any atom is 0.123 e. The minimum absolute atomic E-state index is 0.0467. The van der Waals surface area contributed by atoms with Gasteiger partial charge in [0.25, 0.3) is 0 Å². The minimum Gasteiger partial charge on any atom is -0.494 e. The van der Waals surface area contributed by atoms with Crippen LogP contribution in [0.4, 0.5) is 4.39 Å². The van der Waals surface area contributed by atoms with Gasteiger partial charge in [0.2, 0.25) is 0 Å². The van der Waals surface area contributed by atoms with Crippen LogP contribution in [0.25, 0.3) is 0 Å². The fourth-order valence-corrected chi connectivity index (χ4v) is 1.18. The molecule has 1 unspecified atom stereocenters. The molecular weight excluding hydrogens is 197 g/mol. The minimum atomic E-state index is -0.272. The highest BCUT2D eigenvalue weighted by molar-refractivity contribution is 5.21. The number of likely N-dealkylation sites (N-methyl/N-ethyl adjacent to an activating group) is 1. The smallest absolute Gasteiger partial charge is 0.123 e. The molecule has 1 rings (SSSR count). The molecule has 0 bridgehead atoms. The Balaban J connectivity index is 2.28. The summed E-state index contributed by atoms with van der Waals surface area (Å²) in [5.74, 6) is 0.370. The Hall–Kier alpha value is -1.13. The molecule has 84 valence electrons. The number of halogens is 1. The van der Waals surface area contributed by atoms with Gasteiger partial charge in [-0.2, -0.15) is 0 Å². The largest absolute Gasteiger partial charge is 0.494 e. The van der Waals surface area contributed by atoms with Crippen molar-refractivity contribution in [3.63, 3.8) is 0 Å². The zero-order chi connectivity index (χ0) is 11.1. The summed E-state index contributed by atoms with van der Waals surface area (Å²) in [7, 11) is 1.79. The number of aliphatic hydroxyl groups excluding tert-OH is 1. The fraction of sp³-hybridized carbons (Fsp3) is 0.455. The van der Waals surface area contributed by atoms with Gasteiger partial charge < -0.3 is 15.2 Å². The average Bonchev–Trinajstić information content (AvgIpc) is 2.27. The van der Waals surface area contributed by atoms with E-state index in [1.807, 2.05) is 0 Å². The second-order valence-electron chi connectivity index (χ2n) is 3.26. The molecule has 3 nitrogen and oxygen atoms in total. The van der Waals surface area contributed by atoms with Crippen molar-refractivity contribution in [3.05, 3.63) is 30.1 Å². The van der Waals surface area contributed by atoms with Gasteiger partial charge in [-0.3, -0.25) is 0 Å². The number of nitrogens with one attached hydrogen (secondary N) is 1. The standard InChI is InChI=1S/C11H16FNO2/c1-13-10(8-14)6-7-15-11-4-2-9(12)3-5-11/h2-5,10,13-14H,6-8H2,1H3. The van der Waals surface area contributed by atoms with Gasteiger partial charge in [0.1, 0.15) is 11.6 Å². The van der Waals surface area contributed by atoms with Crippen LogP contribution in [0, 0.1) is 5.82 Å². The highest BCUT2D eigenvalue weighted by atomic mass is 19.1. The molecule has 0 aliphatic carbocycles. The quantitative estimate of drug-likeness (QED) is 0.745. The van der Waals surface area contributed by atoms with E-state index >= 15 is 0 Å². The van der Waals surface area contributed by atoms with E-state index in [1.54, 1.807) is 19.2 Å². The van der Waals surface area contributed by atoms with Gasteiger partial charge in [-0.05, 0) is 37.7 Å². The number of rotatable bonds is 6. The van der Waals surface area contributed by atoms with Crippen LogP contribution in [-0.4, -0.2) is 31.4 Å². The predicted octanol–water partition coefficient (Wildman–Crippen LogP) is 1.17. The third kappa shape index (κ3) is 4.27. The summed E-state index contributed by atoms with van der Waals surface area (Å²) in [6, 6.07) is 5.93. The molecule has 1 atom stereocenters.